The first-order valence-corrected chi connectivity index (χ1v) is 8.71. The van der Waals surface area contributed by atoms with Gasteiger partial charge in [-0.3, -0.25) is 9.59 Å². The van der Waals surface area contributed by atoms with Crippen LogP contribution in [-0.2, 0) is 17.6 Å². The van der Waals surface area contributed by atoms with Crippen molar-refractivity contribution in [2.45, 2.75) is 38.3 Å². The molecule has 5 nitrogen and oxygen atoms in total. The molecule has 0 bridgehead atoms. The van der Waals surface area contributed by atoms with E-state index in [0.29, 0.717) is 5.16 Å². The first-order valence-electron chi connectivity index (χ1n) is 7.73. The lowest BCUT2D eigenvalue weighted by molar-refractivity contribution is -0.113. The molecule has 0 spiro atoms. The lowest BCUT2D eigenvalue weighted by atomic mass is 10.1. The van der Waals surface area contributed by atoms with Crippen molar-refractivity contribution in [2.75, 3.05) is 11.1 Å². The van der Waals surface area contributed by atoms with Crippen molar-refractivity contribution in [3.63, 3.8) is 0 Å². The molecular weight excluding hydrogens is 310 g/mol. The van der Waals surface area contributed by atoms with Gasteiger partial charge in [0.25, 0.3) is 5.56 Å². The zero-order valence-corrected chi connectivity index (χ0v) is 14.2. The van der Waals surface area contributed by atoms with Gasteiger partial charge in [-0.15, -0.1) is 0 Å². The molecule has 1 aromatic heterocycles. The van der Waals surface area contributed by atoms with Gasteiger partial charge in [-0.2, -0.15) is 0 Å². The van der Waals surface area contributed by atoms with Crippen molar-refractivity contribution in [2.24, 2.45) is 0 Å². The minimum absolute atomic E-state index is 0.112. The van der Waals surface area contributed by atoms with Crippen LogP contribution >= 0.6 is 11.8 Å². The number of thioether (sulfide) groups is 1. The Hall–Kier alpha value is -2.08. The Morgan fingerprint density at radius 3 is 2.83 bits per heavy atom. The van der Waals surface area contributed by atoms with E-state index in [1.165, 1.54) is 17.8 Å². The van der Waals surface area contributed by atoms with E-state index in [0.717, 1.165) is 36.2 Å². The molecule has 0 fully saturated rings. The van der Waals surface area contributed by atoms with Gasteiger partial charge in [0.2, 0.25) is 5.91 Å². The molecule has 1 aromatic carbocycles. The highest BCUT2D eigenvalue weighted by Gasteiger charge is 2.08. The van der Waals surface area contributed by atoms with Crippen LogP contribution in [0.1, 0.15) is 31.5 Å². The Morgan fingerprint density at radius 2 is 2.09 bits per heavy atom. The minimum atomic E-state index is -0.178. The van der Waals surface area contributed by atoms with Crippen LogP contribution in [0.5, 0.6) is 0 Å². The van der Waals surface area contributed by atoms with E-state index in [1.54, 1.807) is 0 Å². The summed E-state index contributed by atoms with van der Waals surface area (Å²) in [6.07, 6.45) is 2.54. The van der Waals surface area contributed by atoms with Gasteiger partial charge >= 0.3 is 0 Å². The van der Waals surface area contributed by atoms with Crippen molar-refractivity contribution in [1.29, 1.82) is 0 Å². The lowest BCUT2D eigenvalue weighted by Crippen LogP contribution is -2.16. The average molecular weight is 331 g/mol. The molecule has 0 saturated heterocycles. The number of carbonyl (C=O) groups is 1. The van der Waals surface area contributed by atoms with E-state index in [2.05, 4.69) is 15.3 Å². The standard InChI is InChI=1S/C17H21N3O2S/c1-3-7-13-10-15(21)20-17(18-13)23-11-16(22)19-14-9-6-5-8-12(14)4-2/h5-6,8-10H,3-4,7,11H2,1-2H3,(H,19,22)(H,18,20,21). The molecule has 1 amide bonds. The van der Waals surface area contributed by atoms with Gasteiger partial charge in [-0.25, -0.2) is 4.98 Å². The summed E-state index contributed by atoms with van der Waals surface area (Å²) < 4.78 is 0. The number of hydrogen-bond acceptors (Lipinski definition) is 4. The fraction of sp³-hybridized carbons (Fsp3) is 0.353. The van der Waals surface area contributed by atoms with Gasteiger partial charge in [0.15, 0.2) is 5.16 Å². The summed E-state index contributed by atoms with van der Waals surface area (Å²) in [6, 6.07) is 9.25. The van der Waals surface area contributed by atoms with Crippen LogP contribution in [-0.4, -0.2) is 21.6 Å². The van der Waals surface area contributed by atoms with Gasteiger partial charge in [-0.05, 0) is 24.5 Å². The van der Waals surface area contributed by atoms with Crippen molar-refractivity contribution in [1.82, 2.24) is 9.97 Å². The number of aromatic nitrogens is 2. The van der Waals surface area contributed by atoms with E-state index in [-0.39, 0.29) is 17.2 Å². The summed E-state index contributed by atoms with van der Waals surface area (Å²) in [5.74, 6) is 0.0933. The number of rotatable bonds is 7. The molecule has 0 aliphatic rings. The molecule has 0 unspecified atom stereocenters. The third-order valence-electron chi connectivity index (χ3n) is 3.29. The number of nitrogens with one attached hydrogen (secondary N) is 2. The normalized spacial score (nSPS) is 10.5. The Kier molecular flexibility index (Phi) is 6.40. The van der Waals surface area contributed by atoms with Crippen molar-refractivity contribution in [3.8, 4) is 0 Å². The highest BCUT2D eigenvalue weighted by Crippen LogP contribution is 2.17. The molecule has 0 aliphatic heterocycles. The van der Waals surface area contributed by atoms with Crippen molar-refractivity contribution >= 4 is 23.4 Å². The van der Waals surface area contributed by atoms with Crippen LogP contribution in [0, 0.1) is 0 Å². The van der Waals surface area contributed by atoms with E-state index >= 15 is 0 Å². The molecule has 0 atom stereocenters. The summed E-state index contributed by atoms with van der Waals surface area (Å²) in [7, 11) is 0. The van der Waals surface area contributed by atoms with Gasteiger partial charge in [0.05, 0.1) is 5.75 Å². The molecule has 2 aromatic rings. The minimum Gasteiger partial charge on any atom is -0.325 e. The van der Waals surface area contributed by atoms with Gasteiger partial charge < -0.3 is 10.3 Å². The van der Waals surface area contributed by atoms with E-state index in [1.807, 2.05) is 38.1 Å². The Morgan fingerprint density at radius 1 is 1.30 bits per heavy atom. The number of anilines is 1. The van der Waals surface area contributed by atoms with E-state index in [4.69, 9.17) is 0 Å². The fourth-order valence-electron chi connectivity index (χ4n) is 2.21. The van der Waals surface area contributed by atoms with E-state index < -0.39 is 0 Å². The van der Waals surface area contributed by atoms with Crippen molar-refractivity contribution < 1.29 is 4.79 Å². The molecule has 1 heterocycles. The largest absolute Gasteiger partial charge is 0.325 e. The SMILES string of the molecule is CCCc1cc(=O)[nH]c(SCC(=O)Nc2ccccc2CC)n1. The molecule has 0 radical (unpaired) electrons. The van der Waals surface area contributed by atoms with Crippen LogP contribution in [0.25, 0.3) is 0 Å². The smallest absolute Gasteiger partial charge is 0.251 e. The molecule has 2 rings (SSSR count). The molecule has 23 heavy (non-hydrogen) atoms. The third-order valence-corrected chi connectivity index (χ3v) is 4.16. The summed E-state index contributed by atoms with van der Waals surface area (Å²) >= 11 is 1.24. The summed E-state index contributed by atoms with van der Waals surface area (Å²) in [4.78, 5) is 30.7. The molecule has 2 N–H and O–H groups in total. The molecule has 6 heteroatoms. The monoisotopic (exact) mass is 331 g/mol. The molecular formula is C17H21N3O2S. The fourth-order valence-corrected chi connectivity index (χ4v) is 2.90. The van der Waals surface area contributed by atoms with Gasteiger partial charge in [0, 0.05) is 17.4 Å². The second-order valence-corrected chi connectivity index (χ2v) is 6.10. The number of H-pyrrole nitrogens is 1. The van der Waals surface area contributed by atoms with Gasteiger partial charge in [0.1, 0.15) is 0 Å². The maximum Gasteiger partial charge on any atom is 0.251 e. The van der Waals surface area contributed by atoms with Gasteiger partial charge in [-0.1, -0.05) is 50.2 Å². The highest BCUT2D eigenvalue weighted by molar-refractivity contribution is 7.99. The van der Waals surface area contributed by atoms with Crippen LogP contribution in [0.4, 0.5) is 5.69 Å². The number of nitrogens with zero attached hydrogens (tertiary/aromatic N) is 1. The average Bonchev–Trinajstić information content (AvgIpc) is 2.53. The summed E-state index contributed by atoms with van der Waals surface area (Å²) in [5.41, 5.74) is 2.52. The Bertz CT molecular complexity index is 728. The predicted molar refractivity (Wildman–Crippen MR) is 94.0 cm³/mol. The van der Waals surface area contributed by atoms with Crippen LogP contribution in [0.15, 0.2) is 40.3 Å². The Labute approximate surface area is 139 Å². The second-order valence-electron chi connectivity index (χ2n) is 5.14. The zero-order chi connectivity index (χ0) is 16.7. The number of amides is 1. The topological polar surface area (TPSA) is 74.8 Å². The summed E-state index contributed by atoms with van der Waals surface area (Å²) in [5, 5.41) is 3.39. The van der Waals surface area contributed by atoms with Crippen LogP contribution in [0.2, 0.25) is 0 Å². The Balaban J connectivity index is 1.98. The number of carbonyl (C=O) groups excluding carboxylic acids is 1. The third kappa shape index (κ3) is 5.25. The number of hydrogen-bond donors (Lipinski definition) is 2. The number of aryl methyl sites for hydroxylation is 2. The van der Waals surface area contributed by atoms with Crippen molar-refractivity contribution in [3.05, 3.63) is 51.9 Å². The zero-order valence-electron chi connectivity index (χ0n) is 13.4. The van der Waals surface area contributed by atoms with Crippen LogP contribution < -0.4 is 10.9 Å². The first-order chi connectivity index (χ1) is 11.1. The second kappa shape index (κ2) is 8.53. The lowest BCUT2D eigenvalue weighted by Gasteiger charge is -2.09. The molecule has 0 saturated carbocycles. The highest BCUT2D eigenvalue weighted by atomic mass is 32.2. The van der Waals surface area contributed by atoms with Crippen LogP contribution in [0.3, 0.4) is 0 Å². The predicted octanol–water partition coefficient (Wildman–Crippen LogP) is 3.02. The molecule has 0 aliphatic carbocycles. The first kappa shape index (κ1) is 17.3. The number of para-hydroxylation sites is 1. The number of benzene rings is 1. The maximum absolute atomic E-state index is 12.1. The van der Waals surface area contributed by atoms with E-state index in [9.17, 15) is 9.59 Å². The molecule has 122 valence electrons. The maximum atomic E-state index is 12.1. The number of aromatic amines is 1. The quantitative estimate of drug-likeness (QED) is 0.604. The summed E-state index contributed by atoms with van der Waals surface area (Å²) in [6.45, 7) is 4.09.